The number of hydrogen-bond donors (Lipinski definition) is 4. The summed E-state index contributed by atoms with van der Waals surface area (Å²) in [4.78, 5) is 0. The second-order valence-electron chi connectivity index (χ2n) is 10.7. The minimum Gasteiger partial charge on any atom is -0.423 e. The van der Waals surface area contributed by atoms with Crippen molar-refractivity contribution in [3.63, 3.8) is 0 Å². The molecular weight excluding hydrogens is 546 g/mol. The predicted molar refractivity (Wildman–Crippen MR) is 181 cm³/mol. The molecule has 0 amide bonds. The van der Waals surface area contributed by atoms with E-state index < -0.39 is 14.2 Å². The highest BCUT2D eigenvalue weighted by molar-refractivity contribution is 6.59. The van der Waals surface area contributed by atoms with E-state index in [2.05, 4.69) is 94.1 Å². The summed E-state index contributed by atoms with van der Waals surface area (Å²) in [5.41, 5.74) is 7.51. The van der Waals surface area contributed by atoms with Gasteiger partial charge in [0, 0.05) is 32.9 Å². The molecule has 0 radical (unpaired) electrons. The maximum Gasteiger partial charge on any atom is 0.488 e. The lowest BCUT2D eigenvalue weighted by Crippen LogP contribution is -2.29. The molecule has 0 saturated heterocycles. The number of aromatic nitrogens is 2. The molecule has 0 aliphatic heterocycles. The number of fused-ring (bicyclic) bond motifs is 6. The first-order valence-corrected chi connectivity index (χ1v) is 14.4. The van der Waals surface area contributed by atoms with Crippen LogP contribution in [0, 0.1) is 0 Å². The Balaban J connectivity index is 0.000000301. The van der Waals surface area contributed by atoms with E-state index in [1.807, 2.05) is 30.3 Å². The average molecular weight is 574 g/mol. The minimum absolute atomic E-state index is 0.468. The van der Waals surface area contributed by atoms with Gasteiger partial charge in [0.05, 0.1) is 22.1 Å². The van der Waals surface area contributed by atoms with E-state index in [0.29, 0.717) is 10.9 Å². The smallest absolute Gasteiger partial charge is 0.423 e. The van der Waals surface area contributed by atoms with E-state index in [4.69, 9.17) is 10.0 Å². The summed E-state index contributed by atoms with van der Waals surface area (Å²) in [7, 11) is -2.85. The van der Waals surface area contributed by atoms with Crippen molar-refractivity contribution in [1.82, 2.24) is 9.13 Å². The monoisotopic (exact) mass is 574 g/mol. The first kappa shape index (κ1) is 27.7. The number of para-hydroxylation sites is 3. The van der Waals surface area contributed by atoms with Gasteiger partial charge in [-0.1, -0.05) is 97.1 Å². The fraction of sp³-hybridized carbons (Fsp3) is 0. The standard InChI is InChI=1S/C30H21BN2O2.C6H7BO2/c34-31(35)20-8-7-9-21(18-20)32-29-15-6-3-12-25(29)26-19-22(16-17-30(26)32)33-27-13-4-1-10-23(27)24-11-2-5-14-28(24)33;8-7(9)6-4-2-1-3-5-6/h1-19,34-35H;1-5,8-9H. The Morgan fingerprint density at radius 2 is 0.773 bits per heavy atom. The van der Waals surface area contributed by atoms with E-state index in [9.17, 15) is 10.0 Å². The molecule has 6 nitrogen and oxygen atoms in total. The van der Waals surface area contributed by atoms with Crippen LogP contribution in [0.4, 0.5) is 0 Å². The van der Waals surface area contributed by atoms with Gasteiger partial charge in [0.25, 0.3) is 0 Å². The lowest BCUT2D eigenvalue weighted by molar-refractivity contribution is 0.424. The van der Waals surface area contributed by atoms with Crippen molar-refractivity contribution >= 4 is 68.8 Å². The van der Waals surface area contributed by atoms with Gasteiger partial charge in [0.1, 0.15) is 0 Å². The van der Waals surface area contributed by atoms with E-state index in [1.54, 1.807) is 30.3 Å². The first-order chi connectivity index (χ1) is 21.5. The Morgan fingerprint density at radius 1 is 0.341 bits per heavy atom. The number of benzene rings is 6. The van der Waals surface area contributed by atoms with Gasteiger partial charge < -0.3 is 29.2 Å². The average Bonchev–Trinajstić information content (AvgIpc) is 3.58. The van der Waals surface area contributed by atoms with Gasteiger partial charge >= 0.3 is 14.2 Å². The summed E-state index contributed by atoms with van der Waals surface area (Å²) in [6.07, 6.45) is 0. The van der Waals surface area contributed by atoms with Crippen molar-refractivity contribution in [1.29, 1.82) is 0 Å². The van der Waals surface area contributed by atoms with Gasteiger partial charge in [0.15, 0.2) is 0 Å². The quantitative estimate of drug-likeness (QED) is 0.225. The molecule has 0 fully saturated rings. The number of rotatable bonds is 4. The second kappa shape index (κ2) is 11.5. The number of nitrogens with zero attached hydrogens (tertiary/aromatic N) is 2. The predicted octanol–water partition coefficient (Wildman–Crippen LogP) is 4.93. The van der Waals surface area contributed by atoms with Gasteiger partial charge in [-0.15, -0.1) is 0 Å². The van der Waals surface area contributed by atoms with Gasteiger partial charge in [-0.25, -0.2) is 0 Å². The third-order valence-corrected chi connectivity index (χ3v) is 8.02. The van der Waals surface area contributed by atoms with Crippen LogP contribution >= 0.6 is 0 Å². The molecule has 0 aliphatic carbocycles. The molecule has 8 heteroatoms. The third-order valence-electron chi connectivity index (χ3n) is 8.02. The van der Waals surface area contributed by atoms with Crippen molar-refractivity contribution in [3.8, 4) is 11.4 Å². The maximum atomic E-state index is 9.73. The van der Waals surface area contributed by atoms with Crippen molar-refractivity contribution in [2.75, 3.05) is 0 Å². The molecule has 8 rings (SSSR count). The Labute approximate surface area is 254 Å². The molecular formula is C36H28B2N2O4. The molecule has 4 N–H and O–H groups in total. The van der Waals surface area contributed by atoms with E-state index >= 15 is 0 Å². The first-order valence-electron chi connectivity index (χ1n) is 14.4. The Morgan fingerprint density at radius 3 is 1.30 bits per heavy atom. The molecule has 8 aromatic rings. The zero-order valence-corrected chi connectivity index (χ0v) is 23.7. The highest BCUT2D eigenvalue weighted by atomic mass is 16.4. The van der Waals surface area contributed by atoms with Crippen LogP contribution in [-0.2, 0) is 0 Å². The largest absolute Gasteiger partial charge is 0.488 e. The normalized spacial score (nSPS) is 11.2. The molecule has 2 aromatic heterocycles. The van der Waals surface area contributed by atoms with Gasteiger partial charge in [-0.05, 0) is 59.5 Å². The van der Waals surface area contributed by atoms with E-state index in [-0.39, 0.29) is 0 Å². The molecule has 0 aliphatic rings. The van der Waals surface area contributed by atoms with Gasteiger partial charge in [-0.2, -0.15) is 0 Å². The van der Waals surface area contributed by atoms with Crippen LogP contribution < -0.4 is 10.9 Å². The molecule has 2 heterocycles. The van der Waals surface area contributed by atoms with E-state index in [0.717, 1.165) is 33.2 Å². The summed E-state index contributed by atoms with van der Waals surface area (Å²) >= 11 is 0. The molecule has 0 spiro atoms. The lowest BCUT2D eigenvalue weighted by atomic mass is 9.80. The lowest BCUT2D eigenvalue weighted by Gasteiger charge is -2.11. The molecule has 0 bridgehead atoms. The Bertz CT molecular complexity index is 2210. The number of hydrogen-bond acceptors (Lipinski definition) is 4. The van der Waals surface area contributed by atoms with Gasteiger partial charge in [-0.3, -0.25) is 0 Å². The van der Waals surface area contributed by atoms with E-state index in [1.165, 1.54) is 21.8 Å². The Hall–Kier alpha value is -5.11. The third kappa shape index (κ3) is 4.86. The molecule has 0 unspecified atom stereocenters. The van der Waals surface area contributed by atoms with Crippen LogP contribution in [0.1, 0.15) is 0 Å². The molecule has 44 heavy (non-hydrogen) atoms. The zero-order valence-electron chi connectivity index (χ0n) is 23.7. The van der Waals surface area contributed by atoms with Crippen LogP contribution in [0.3, 0.4) is 0 Å². The fourth-order valence-electron chi connectivity index (χ4n) is 6.03. The highest BCUT2D eigenvalue weighted by Gasteiger charge is 2.17. The molecule has 0 atom stereocenters. The van der Waals surface area contributed by atoms with Crippen LogP contribution in [0.25, 0.3) is 55.0 Å². The van der Waals surface area contributed by atoms with Crippen molar-refractivity contribution in [3.05, 3.63) is 146 Å². The Kier molecular flexibility index (Phi) is 7.26. The van der Waals surface area contributed by atoms with Crippen LogP contribution in [-0.4, -0.2) is 43.5 Å². The minimum atomic E-state index is -1.51. The SMILES string of the molecule is OB(O)c1cccc(-n2c3ccccc3c3cc(-n4c5ccccc5c5ccccc54)ccc32)c1.OB(O)c1ccccc1. The van der Waals surface area contributed by atoms with Crippen molar-refractivity contribution < 1.29 is 20.1 Å². The summed E-state index contributed by atoms with van der Waals surface area (Å²) in [6, 6.07) is 48.1. The van der Waals surface area contributed by atoms with Crippen LogP contribution in [0.15, 0.2) is 146 Å². The second-order valence-corrected chi connectivity index (χ2v) is 10.7. The summed E-state index contributed by atoms with van der Waals surface area (Å²) in [5, 5.41) is 41.4. The molecule has 0 saturated carbocycles. The molecule has 6 aromatic carbocycles. The maximum absolute atomic E-state index is 9.73. The zero-order chi connectivity index (χ0) is 30.2. The topological polar surface area (TPSA) is 90.8 Å². The summed E-state index contributed by atoms with van der Waals surface area (Å²) < 4.78 is 4.52. The molecule has 212 valence electrons. The van der Waals surface area contributed by atoms with Gasteiger partial charge in [0.2, 0.25) is 0 Å². The van der Waals surface area contributed by atoms with Crippen LogP contribution in [0.2, 0.25) is 0 Å². The van der Waals surface area contributed by atoms with Crippen molar-refractivity contribution in [2.45, 2.75) is 0 Å². The summed E-state index contributed by atoms with van der Waals surface area (Å²) in [6.45, 7) is 0. The fourth-order valence-corrected chi connectivity index (χ4v) is 6.03. The van der Waals surface area contributed by atoms with Crippen LogP contribution in [0.5, 0.6) is 0 Å². The highest BCUT2D eigenvalue weighted by Crippen LogP contribution is 2.36. The van der Waals surface area contributed by atoms with Crippen molar-refractivity contribution in [2.24, 2.45) is 0 Å². The summed E-state index contributed by atoms with van der Waals surface area (Å²) in [5.74, 6) is 0.